The van der Waals surface area contributed by atoms with Crippen molar-refractivity contribution in [2.24, 2.45) is 11.7 Å². The third-order valence-electron chi connectivity index (χ3n) is 4.39. The van der Waals surface area contributed by atoms with Gasteiger partial charge in [-0.2, -0.15) is 17.5 Å². The van der Waals surface area contributed by atoms with Crippen molar-refractivity contribution in [3.05, 3.63) is 29.3 Å². The van der Waals surface area contributed by atoms with Crippen LogP contribution in [-0.2, 0) is 16.2 Å². The molecule has 0 aromatic heterocycles. The predicted molar refractivity (Wildman–Crippen MR) is 88.6 cm³/mol. The van der Waals surface area contributed by atoms with E-state index in [1.54, 1.807) is 0 Å². The first-order valence-corrected chi connectivity index (χ1v) is 8.91. The molecular weight excluding hydrogens is 365 g/mol. The first-order chi connectivity index (χ1) is 10.5. The van der Waals surface area contributed by atoms with Crippen molar-refractivity contribution in [2.45, 2.75) is 43.8 Å². The highest BCUT2D eigenvalue weighted by molar-refractivity contribution is 7.89. The van der Waals surface area contributed by atoms with Gasteiger partial charge < -0.3 is 5.73 Å². The zero-order chi connectivity index (χ0) is 17.4. The molecule has 0 spiro atoms. The van der Waals surface area contributed by atoms with Gasteiger partial charge in [0.05, 0.1) is 10.5 Å². The summed E-state index contributed by atoms with van der Waals surface area (Å²) >= 11 is 0. The summed E-state index contributed by atoms with van der Waals surface area (Å²) in [7, 11) is -3.92. The second kappa shape index (κ2) is 7.59. The van der Waals surface area contributed by atoms with Crippen LogP contribution in [-0.4, -0.2) is 31.9 Å². The molecule has 0 saturated carbocycles. The summed E-state index contributed by atoms with van der Waals surface area (Å²) in [6.45, 7) is 3.76. The average molecular weight is 387 g/mol. The molecule has 0 aliphatic carbocycles. The predicted octanol–water partition coefficient (Wildman–Crippen LogP) is 3.18. The number of nitrogens with zero attached hydrogens (tertiary/aromatic N) is 1. The van der Waals surface area contributed by atoms with E-state index in [1.165, 1.54) is 23.4 Å². The highest BCUT2D eigenvalue weighted by Crippen LogP contribution is 2.34. The van der Waals surface area contributed by atoms with Crippen LogP contribution in [0.4, 0.5) is 13.2 Å². The number of hydrogen-bond donors (Lipinski definition) is 1. The standard InChI is InChI=1S/C15H21F3N2O2S.ClH/c1-10-3-4-13(9-14(10)15(16,17)18)23(21,22)20-7-5-12(6-8-20)11(2)19;/h3-4,9,11-12H,5-8,19H2,1-2H3;1H. The maximum absolute atomic E-state index is 13.0. The smallest absolute Gasteiger partial charge is 0.328 e. The van der Waals surface area contributed by atoms with Crippen LogP contribution in [0.15, 0.2) is 23.1 Å². The van der Waals surface area contributed by atoms with Crippen LogP contribution in [0.25, 0.3) is 0 Å². The van der Waals surface area contributed by atoms with Crippen LogP contribution >= 0.6 is 12.4 Å². The van der Waals surface area contributed by atoms with Crippen molar-refractivity contribution in [1.29, 1.82) is 0 Å². The fourth-order valence-corrected chi connectivity index (χ4v) is 4.35. The van der Waals surface area contributed by atoms with Crippen molar-refractivity contribution in [2.75, 3.05) is 13.1 Å². The molecule has 2 rings (SSSR count). The van der Waals surface area contributed by atoms with E-state index in [0.717, 1.165) is 6.07 Å². The Morgan fingerprint density at radius 2 is 1.79 bits per heavy atom. The fourth-order valence-electron chi connectivity index (χ4n) is 2.86. The summed E-state index contributed by atoms with van der Waals surface area (Å²) in [6.07, 6.45) is -3.33. The fraction of sp³-hybridized carbons (Fsp3) is 0.600. The van der Waals surface area contributed by atoms with Gasteiger partial charge in [-0.1, -0.05) is 6.07 Å². The zero-order valence-corrected chi connectivity index (χ0v) is 15.1. The Labute approximate surface area is 146 Å². The van der Waals surface area contributed by atoms with Crippen LogP contribution in [0.2, 0.25) is 0 Å². The second-order valence-electron chi connectivity index (χ2n) is 6.08. The zero-order valence-electron chi connectivity index (χ0n) is 13.5. The summed E-state index contributed by atoms with van der Waals surface area (Å²) in [5.41, 5.74) is 4.92. The van der Waals surface area contributed by atoms with Crippen molar-refractivity contribution in [3.63, 3.8) is 0 Å². The van der Waals surface area contributed by atoms with Gasteiger partial charge in [-0.25, -0.2) is 8.42 Å². The first kappa shape index (κ1) is 21.2. The molecule has 1 aromatic carbocycles. The Bertz CT molecular complexity index is 670. The van der Waals surface area contributed by atoms with E-state index in [2.05, 4.69) is 0 Å². The normalized spacial score (nSPS) is 18.9. The van der Waals surface area contributed by atoms with Crippen LogP contribution in [0, 0.1) is 12.8 Å². The number of benzene rings is 1. The minimum Gasteiger partial charge on any atom is -0.328 e. The van der Waals surface area contributed by atoms with Gasteiger partial charge in [0.25, 0.3) is 0 Å². The molecule has 24 heavy (non-hydrogen) atoms. The Balaban J connectivity index is 0.00000288. The van der Waals surface area contributed by atoms with E-state index >= 15 is 0 Å². The molecule has 0 radical (unpaired) electrons. The molecular formula is C15H22ClF3N2O2S. The lowest BCUT2D eigenvalue weighted by Gasteiger charge is -2.33. The number of hydrogen-bond acceptors (Lipinski definition) is 3. The number of nitrogens with two attached hydrogens (primary N) is 1. The minimum absolute atomic E-state index is 0. The van der Waals surface area contributed by atoms with E-state index in [0.29, 0.717) is 12.8 Å². The van der Waals surface area contributed by atoms with E-state index in [-0.39, 0.29) is 47.9 Å². The van der Waals surface area contributed by atoms with E-state index in [1.807, 2.05) is 6.92 Å². The van der Waals surface area contributed by atoms with Crippen molar-refractivity contribution in [3.8, 4) is 0 Å². The molecule has 9 heteroatoms. The average Bonchev–Trinajstić information content (AvgIpc) is 2.46. The topological polar surface area (TPSA) is 63.4 Å². The van der Waals surface area contributed by atoms with E-state index < -0.39 is 21.8 Å². The number of alkyl halides is 3. The van der Waals surface area contributed by atoms with Gasteiger partial charge in [0.2, 0.25) is 10.0 Å². The molecule has 1 unspecified atom stereocenters. The number of rotatable bonds is 3. The summed E-state index contributed by atoms with van der Waals surface area (Å²) in [4.78, 5) is -0.310. The van der Waals surface area contributed by atoms with Crippen LogP contribution < -0.4 is 5.73 Å². The van der Waals surface area contributed by atoms with Gasteiger partial charge in [-0.05, 0) is 50.3 Å². The highest BCUT2D eigenvalue weighted by atomic mass is 35.5. The van der Waals surface area contributed by atoms with E-state index in [4.69, 9.17) is 5.73 Å². The number of halogens is 4. The summed E-state index contributed by atoms with van der Waals surface area (Å²) in [6, 6.07) is 3.14. The lowest BCUT2D eigenvalue weighted by Crippen LogP contribution is -2.42. The highest BCUT2D eigenvalue weighted by Gasteiger charge is 2.35. The maximum atomic E-state index is 13.0. The maximum Gasteiger partial charge on any atom is 0.416 e. The van der Waals surface area contributed by atoms with Gasteiger partial charge in [0.1, 0.15) is 0 Å². The van der Waals surface area contributed by atoms with Crippen LogP contribution in [0.5, 0.6) is 0 Å². The third kappa shape index (κ3) is 4.41. The molecule has 2 N–H and O–H groups in total. The van der Waals surface area contributed by atoms with Gasteiger partial charge in [0, 0.05) is 19.1 Å². The Hall–Kier alpha value is -0.830. The Kier molecular flexibility index (Phi) is 6.71. The summed E-state index contributed by atoms with van der Waals surface area (Å²) < 4.78 is 65.3. The number of piperidine rings is 1. The monoisotopic (exact) mass is 386 g/mol. The minimum atomic E-state index is -4.57. The Morgan fingerprint density at radius 3 is 2.25 bits per heavy atom. The molecule has 4 nitrogen and oxygen atoms in total. The van der Waals surface area contributed by atoms with Crippen LogP contribution in [0.3, 0.4) is 0 Å². The third-order valence-corrected chi connectivity index (χ3v) is 6.29. The molecule has 0 amide bonds. The van der Waals surface area contributed by atoms with Gasteiger partial charge >= 0.3 is 6.18 Å². The molecule has 1 fully saturated rings. The molecule has 1 aromatic rings. The summed E-state index contributed by atoms with van der Waals surface area (Å²) in [5.74, 6) is 0.241. The van der Waals surface area contributed by atoms with Gasteiger partial charge in [-0.3, -0.25) is 0 Å². The molecule has 1 aliphatic rings. The number of sulfonamides is 1. The largest absolute Gasteiger partial charge is 0.416 e. The van der Waals surface area contributed by atoms with E-state index in [9.17, 15) is 21.6 Å². The van der Waals surface area contributed by atoms with Crippen molar-refractivity contribution in [1.82, 2.24) is 4.31 Å². The van der Waals surface area contributed by atoms with Gasteiger partial charge in [0.15, 0.2) is 0 Å². The summed E-state index contributed by atoms with van der Waals surface area (Å²) in [5, 5.41) is 0. The SMILES string of the molecule is Cc1ccc(S(=O)(=O)N2CCC(C(C)N)CC2)cc1C(F)(F)F.Cl. The molecule has 1 heterocycles. The molecule has 1 aliphatic heterocycles. The Morgan fingerprint density at radius 1 is 1.25 bits per heavy atom. The van der Waals surface area contributed by atoms with Crippen LogP contribution in [0.1, 0.15) is 30.9 Å². The lowest BCUT2D eigenvalue weighted by molar-refractivity contribution is -0.138. The number of aryl methyl sites for hydroxylation is 1. The molecule has 138 valence electrons. The lowest BCUT2D eigenvalue weighted by atomic mass is 9.92. The van der Waals surface area contributed by atoms with Crippen molar-refractivity contribution >= 4 is 22.4 Å². The molecule has 0 bridgehead atoms. The molecule has 1 atom stereocenters. The quantitative estimate of drug-likeness (QED) is 0.867. The van der Waals surface area contributed by atoms with Gasteiger partial charge in [-0.15, -0.1) is 12.4 Å². The molecule has 1 saturated heterocycles. The van der Waals surface area contributed by atoms with Crippen molar-refractivity contribution < 1.29 is 21.6 Å². The second-order valence-corrected chi connectivity index (χ2v) is 8.01. The first-order valence-electron chi connectivity index (χ1n) is 7.47.